The number of hydrogen-bond acceptors (Lipinski definition) is 8. The number of likely N-dealkylation sites (tertiary alicyclic amines) is 1. The van der Waals surface area contributed by atoms with Gasteiger partial charge in [-0.05, 0) is 79.6 Å². The second-order valence-electron chi connectivity index (χ2n) is 13.0. The molecule has 5 aromatic rings. The van der Waals surface area contributed by atoms with Crippen LogP contribution in [-0.2, 0) is 27.5 Å². The molecule has 7 rings (SSSR count). The number of methoxy groups -OCH3 is 1. The van der Waals surface area contributed by atoms with Crippen LogP contribution in [0.3, 0.4) is 0 Å². The largest absolute Gasteiger partial charge is 0.488 e. The summed E-state index contributed by atoms with van der Waals surface area (Å²) in [6, 6.07) is 14.6. The number of hydrogen-bond donors (Lipinski definition) is 4. The highest BCUT2D eigenvalue weighted by Gasteiger charge is 2.32. The van der Waals surface area contributed by atoms with Crippen molar-refractivity contribution in [1.82, 2.24) is 40.4 Å². The molecule has 50 heavy (non-hydrogen) atoms. The second-order valence-corrected chi connectivity index (χ2v) is 13.0. The van der Waals surface area contributed by atoms with Gasteiger partial charge in [-0.25, -0.2) is 14.8 Å². The Morgan fingerprint density at radius 1 is 1.12 bits per heavy atom. The summed E-state index contributed by atoms with van der Waals surface area (Å²) in [6.45, 7) is 5.73. The van der Waals surface area contributed by atoms with Crippen molar-refractivity contribution in [3.63, 3.8) is 0 Å². The molecule has 1 fully saturated rings. The molecule has 4 N–H and O–H groups in total. The van der Waals surface area contributed by atoms with Crippen LogP contribution in [0, 0.1) is 0 Å². The summed E-state index contributed by atoms with van der Waals surface area (Å²) in [5.41, 5.74) is 6.81. The first kappa shape index (κ1) is 33.1. The number of ether oxygens (including phenoxy) is 2. The maximum Gasteiger partial charge on any atom is 0.407 e. The Bertz CT molecular complexity index is 2090. The van der Waals surface area contributed by atoms with Gasteiger partial charge >= 0.3 is 6.09 Å². The Balaban J connectivity index is 1.13. The Morgan fingerprint density at radius 2 is 1.98 bits per heavy atom. The zero-order chi connectivity index (χ0) is 34.9. The monoisotopic (exact) mass is 678 g/mol. The van der Waals surface area contributed by atoms with Gasteiger partial charge in [-0.15, -0.1) is 0 Å². The molecule has 13 nitrogen and oxygen atoms in total. The summed E-state index contributed by atoms with van der Waals surface area (Å²) in [6.07, 6.45) is 3.67. The molecule has 13 heteroatoms. The lowest BCUT2D eigenvalue weighted by Gasteiger charge is -2.27. The molecule has 1 unspecified atom stereocenters. The molecule has 1 saturated heterocycles. The minimum Gasteiger partial charge on any atom is -0.488 e. The van der Waals surface area contributed by atoms with Gasteiger partial charge in [-0.2, -0.15) is 0 Å². The molecule has 2 aromatic heterocycles. The van der Waals surface area contributed by atoms with E-state index in [2.05, 4.69) is 80.6 Å². The molecule has 2 atom stereocenters. The Hall–Kier alpha value is -5.43. The summed E-state index contributed by atoms with van der Waals surface area (Å²) in [5.74, 6) is 2.15. The molecule has 4 heterocycles. The third kappa shape index (κ3) is 6.24. The second kappa shape index (κ2) is 13.8. The van der Waals surface area contributed by atoms with Gasteiger partial charge in [0.25, 0.3) is 0 Å². The molecule has 0 radical (unpaired) electrons. The van der Waals surface area contributed by atoms with E-state index < -0.39 is 6.09 Å². The van der Waals surface area contributed by atoms with Crippen molar-refractivity contribution in [2.24, 2.45) is 0 Å². The van der Waals surface area contributed by atoms with Gasteiger partial charge in [0.15, 0.2) is 0 Å². The molecule has 2 aliphatic rings. The molecule has 0 aliphatic carbocycles. The average Bonchev–Trinajstić information content (AvgIpc) is 3.91. The fourth-order valence-corrected chi connectivity index (χ4v) is 7.03. The quantitative estimate of drug-likeness (QED) is 0.160. The van der Waals surface area contributed by atoms with Gasteiger partial charge in [-0.3, -0.25) is 9.59 Å². The summed E-state index contributed by atoms with van der Waals surface area (Å²) in [4.78, 5) is 57.2. The number of likely N-dealkylation sites (N-methyl/N-ethyl adjacent to an activating group) is 1. The van der Waals surface area contributed by atoms with Gasteiger partial charge in [0, 0.05) is 23.5 Å². The number of fused-ring (bicyclic) bond motifs is 6. The fraction of sp³-hybridized carbons (Fsp3) is 0.378. The van der Waals surface area contributed by atoms with Crippen LogP contribution < -0.4 is 15.4 Å². The lowest BCUT2D eigenvalue weighted by Crippen LogP contribution is -2.42. The number of nitrogens with one attached hydrogen (secondary N) is 4. The highest BCUT2D eigenvalue weighted by Crippen LogP contribution is 2.42. The van der Waals surface area contributed by atoms with Crippen molar-refractivity contribution in [1.29, 1.82) is 0 Å². The van der Waals surface area contributed by atoms with Crippen LogP contribution in [0.15, 0.2) is 48.7 Å². The average molecular weight is 679 g/mol. The third-order valence-electron chi connectivity index (χ3n) is 9.86. The van der Waals surface area contributed by atoms with Crippen LogP contribution in [0.2, 0.25) is 0 Å². The number of alkyl carbamates (subject to hydrolysis) is 1. The number of carbonyl (C=O) groups excluding carboxylic acids is 3. The predicted octanol–water partition coefficient (Wildman–Crippen LogP) is 5.03. The molecule has 0 bridgehead atoms. The Morgan fingerprint density at radius 3 is 2.78 bits per heavy atom. The fourth-order valence-electron chi connectivity index (χ4n) is 7.03. The minimum absolute atomic E-state index is 0.0446. The third-order valence-corrected chi connectivity index (χ3v) is 9.86. The first-order chi connectivity index (χ1) is 24.3. The normalized spacial score (nSPS) is 15.8. The van der Waals surface area contributed by atoms with Crippen molar-refractivity contribution in [3.05, 3.63) is 65.9 Å². The van der Waals surface area contributed by atoms with Crippen molar-refractivity contribution in [3.8, 4) is 28.1 Å². The van der Waals surface area contributed by atoms with E-state index in [0.29, 0.717) is 19.7 Å². The maximum absolute atomic E-state index is 12.8. The standard InChI is InChI=1S/C37H42N8O5/c1-5-21(2)45(33(46)17-38-3)19-32-41-28-11-9-22-14-27-25-10-8-23(13-24(25)20-50-31(27)15-26(22)35(28)43-32)29-16-39-36(42-29)30-7-6-12-44(30)34(47)18-40-37(48)49-4/h8-11,13-16,21,30,38H,5-7,12,17-20H2,1-4H3,(H,39,42)(H,40,48)(H,41,43)/t21-,30?/m0/s1. The molecule has 3 amide bonds. The summed E-state index contributed by atoms with van der Waals surface area (Å²) in [7, 11) is 3.05. The maximum atomic E-state index is 12.8. The Kier molecular flexibility index (Phi) is 9.15. The number of aromatic amines is 2. The van der Waals surface area contributed by atoms with E-state index in [0.717, 1.165) is 86.4 Å². The molecular formula is C37H42N8O5. The summed E-state index contributed by atoms with van der Waals surface area (Å²) >= 11 is 0. The van der Waals surface area contributed by atoms with Crippen molar-refractivity contribution in [2.75, 3.05) is 33.8 Å². The number of aromatic nitrogens is 4. The van der Waals surface area contributed by atoms with Crippen molar-refractivity contribution in [2.45, 2.75) is 58.3 Å². The molecule has 0 saturated carbocycles. The van der Waals surface area contributed by atoms with Crippen LogP contribution in [0.5, 0.6) is 5.75 Å². The zero-order valence-electron chi connectivity index (χ0n) is 28.8. The highest BCUT2D eigenvalue weighted by molar-refractivity contribution is 6.07. The minimum atomic E-state index is -0.634. The Labute approximate surface area is 289 Å². The highest BCUT2D eigenvalue weighted by atomic mass is 16.5. The molecule has 2 aliphatic heterocycles. The van der Waals surface area contributed by atoms with Gasteiger partial charge in [-0.1, -0.05) is 25.1 Å². The lowest BCUT2D eigenvalue weighted by atomic mass is 9.92. The smallest absolute Gasteiger partial charge is 0.407 e. The number of carbonyl (C=O) groups is 3. The van der Waals surface area contributed by atoms with Crippen molar-refractivity contribution >= 4 is 39.7 Å². The van der Waals surface area contributed by atoms with Gasteiger partial charge in [0.2, 0.25) is 11.8 Å². The van der Waals surface area contributed by atoms with E-state index in [1.54, 1.807) is 18.1 Å². The molecule has 0 spiro atoms. The number of H-pyrrole nitrogens is 2. The SMILES string of the molecule is CC[C@H](C)N(Cc1nc2ccc3cc4c(cc3c2[nH]1)OCc1cc(-c2cnc(C3CCCN3C(=O)CNC(=O)OC)[nH]2)ccc1-4)C(=O)CNC. The number of imidazole rings is 2. The van der Waals surface area contributed by atoms with E-state index in [-0.39, 0.29) is 37.0 Å². The molecule has 3 aromatic carbocycles. The zero-order valence-corrected chi connectivity index (χ0v) is 28.8. The number of nitrogens with zero attached hydrogens (tertiary/aromatic N) is 4. The van der Waals surface area contributed by atoms with E-state index in [9.17, 15) is 14.4 Å². The number of amides is 3. The number of benzene rings is 3. The lowest BCUT2D eigenvalue weighted by molar-refractivity contribution is -0.133. The van der Waals surface area contributed by atoms with Crippen molar-refractivity contribution < 1.29 is 23.9 Å². The van der Waals surface area contributed by atoms with Crippen LogP contribution >= 0.6 is 0 Å². The molecule has 260 valence electrons. The van der Waals surface area contributed by atoms with Crippen LogP contribution in [-0.4, -0.2) is 87.5 Å². The van der Waals surface area contributed by atoms with E-state index in [4.69, 9.17) is 9.72 Å². The van der Waals surface area contributed by atoms with Gasteiger partial charge < -0.3 is 39.9 Å². The summed E-state index contributed by atoms with van der Waals surface area (Å²) < 4.78 is 10.9. The van der Waals surface area contributed by atoms with Crippen LogP contribution in [0.1, 0.15) is 56.4 Å². The van der Waals surface area contributed by atoms with Crippen LogP contribution in [0.25, 0.3) is 44.2 Å². The first-order valence-electron chi connectivity index (χ1n) is 17.1. The number of rotatable bonds is 10. The topological polar surface area (TPSA) is 158 Å². The van der Waals surface area contributed by atoms with Crippen LogP contribution in [0.4, 0.5) is 4.79 Å². The first-order valence-corrected chi connectivity index (χ1v) is 17.1. The predicted molar refractivity (Wildman–Crippen MR) is 189 cm³/mol. The van der Waals surface area contributed by atoms with Gasteiger partial charge in [0.05, 0.1) is 49.2 Å². The molecular weight excluding hydrogens is 636 g/mol. The van der Waals surface area contributed by atoms with E-state index in [1.165, 1.54) is 7.11 Å². The van der Waals surface area contributed by atoms with E-state index >= 15 is 0 Å². The van der Waals surface area contributed by atoms with Gasteiger partial charge in [0.1, 0.15) is 30.5 Å². The summed E-state index contributed by atoms with van der Waals surface area (Å²) in [5, 5.41) is 7.52. The van der Waals surface area contributed by atoms with E-state index in [1.807, 2.05) is 11.0 Å².